The Labute approximate surface area is 112 Å². The Balaban J connectivity index is 2.48. The van der Waals surface area contributed by atoms with E-state index < -0.39 is 0 Å². The zero-order valence-corrected chi connectivity index (χ0v) is 12.3. The van der Waals surface area contributed by atoms with Gasteiger partial charge in [0.25, 0.3) is 0 Å². The minimum Gasteiger partial charge on any atom is -0.302 e. The van der Waals surface area contributed by atoms with E-state index in [0.717, 1.165) is 25.1 Å². The molecule has 1 N–H and O–H groups in total. The molecule has 0 bridgehead atoms. The molecular formula is C10H20N2OS3. The lowest BCUT2D eigenvalue weighted by Gasteiger charge is -2.25. The van der Waals surface area contributed by atoms with E-state index in [2.05, 4.69) is 31.2 Å². The summed E-state index contributed by atoms with van der Waals surface area (Å²) in [5.74, 6) is 1.43. The lowest BCUT2D eigenvalue weighted by molar-refractivity contribution is -0.112. The number of aldehydes is 1. The van der Waals surface area contributed by atoms with Crippen LogP contribution < -0.4 is 5.43 Å². The summed E-state index contributed by atoms with van der Waals surface area (Å²) in [6.45, 7) is 3.22. The Hall–Kier alpha value is 0.640. The molecule has 0 saturated carbocycles. The first kappa shape index (κ1) is 14.7. The van der Waals surface area contributed by atoms with E-state index in [1.807, 2.05) is 28.5 Å². The van der Waals surface area contributed by atoms with Crippen LogP contribution in [0.15, 0.2) is 0 Å². The maximum atomic E-state index is 10.9. The van der Waals surface area contributed by atoms with Crippen molar-refractivity contribution < 1.29 is 4.79 Å². The summed E-state index contributed by atoms with van der Waals surface area (Å²) in [5, 5.41) is 3.34. The highest BCUT2D eigenvalue weighted by atomic mass is 32.2. The van der Waals surface area contributed by atoms with Gasteiger partial charge in [-0.3, -0.25) is 5.43 Å². The van der Waals surface area contributed by atoms with Crippen LogP contribution in [0.25, 0.3) is 0 Å². The van der Waals surface area contributed by atoms with Gasteiger partial charge in [-0.1, -0.05) is 6.92 Å². The summed E-state index contributed by atoms with van der Waals surface area (Å²) >= 11 is 8.04. The highest BCUT2D eigenvalue weighted by molar-refractivity contribution is 8.03. The summed E-state index contributed by atoms with van der Waals surface area (Å²) in [6, 6.07) is -0.112. The van der Waals surface area contributed by atoms with Crippen LogP contribution in [-0.2, 0) is 4.79 Å². The van der Waals surface area contributed by atoms with Crippen molar-refractivity contribution in [1.29, 1.82) is 0 Å². The first-order valence-corrected chi connectivity index (χ1v) is 8.40. The van der Waals surface area contributed by atoms with Gasteiger partial charge < -0.3 is 4.79 Å². The number of hydrogen-bond acceptors (Lipinski definition) is 6. The molecule has 0 spiro atoms. The first-order valence-electron chi connectivity index (χ1n) is 5.43. The highest BCUT2D eigenvalue weighted by Crippen LogP contribution is 2.27. The van der Waals surface area contributed by atoms with E-state index in [1.165, 1.54) is 0 Å². The largest absolute Gasteiger partial charge is 0.302 e. The highest BCUT2D eigenvalue weighted by Gasteiger charge is 2.24. The fraction of sp³-hybridized carbons (Fsp3) is 0.900. The summed E-state index contributed by atoms with van der Waals surface area (Å²) in [7, 11) is 0. The van der Waals surface area contributed by atoms with E-state index in [9.17, 15) is 4.79 Å². The van der Waals surface area contributed by atoms with Gasteiger partial charge in [-0.25, -0.2) is 5.01 Å². The van der Waals surface area contributed by atoms with Gasteiger partial charge in [0, 0.05) is 22.8 Å². The lowest BCUT2D eigenvalue weighted by atomic mass is 10.2. The monoisotopic (exact) mass is 280 g/mol. The maximum Gasteiger partial charge on any atom is 0.139 e. The average Bonchev–Trinajstić information content (AvgIpc) is 2.56. The molecule has 1 aliphatic heterocycles. The molecule has 94 valence electrons. The van der Waals surface area contributed by atoms with Gasteiger partial charge in [0.2, 0.25) is 0 Å². The normalized spacial score (nSPS) is 27.1. The number of carbonyl (C=O) groups is 1. The van der Waals surface area contributed by atoms with E-state index in [-0.39, 0.29) is 6.04 Å². The Bertz CT molecular complexity index is 218. The van der Waals surface area contributed by atoms with Crippen LogP contribution in [0.3, 0.4) is 0 Å². The third kappa shape index (κ3) is 4.14. The quantitative estimate of drug-likeness (QED) is 0.589. The van der Waals surface area contributed by atoms with Crippen LogP contribution >= 0.6 is 36.2 Å². The van der Waals surface area contributed by atoms with E-state index in [0.29, 0.717) is 16.3 Å². The molecule has 1 heterocycles. The van der Waals surface area contributed by atoms with Gasteiger partial charge in [-0.2, -0.15) is 24.4 Å². The number of carbonyl (C=O) groups excluding carboxylic acids is 1. The minimum absolute atomic E-state index is 0.112. The van der Waals surface area contributed by atoms with Crippen LogP contribution in [0.2, 0.25) is 0 Å². The molecule has 1 fully saturated rings. The van der Waals surface area contributed by atoms with Gasteiger partial charge in [0.15, 0.2) is 0 Å². The molecule has 0 aromatic heterocycles. The fourth-order valence-corrected chi connectivity index (χ4v) is 4.09. The van der Waals surface area contributed by atoms with E-state index in [1.54, 1.807) is 0 Å². The molecule has 1 saturated heterocycles. The van der Waals surface area contributed by atoms with E-state index >= 15 is 0 Å². The van der Waals surface area contributed by atoms with Crippen molar-refractivity contribution in [2.24, 2.45) is 0 Å². The van der Waals surface area contributed by atoms with Gasteiger partial charge in [-0.15, -0.1) is 11.8 Å². The third-order valence-electron chi connectivity index (χ3n) is 2.81. The Morgan fingerprint density at radius 2 is 2.50 bits per heavy atom. The molecule has 0 aliphatic carbocycles. The van der Waals surface area contributed by atoms with Crippen LogP contribution in [0.1, 0.15) is 13.3 Å². The number of nitrogens with zero attached hydrogens (tertiary/aromatic N) is 1. The van der Waals surface area contributed by atoms with E-state index in [4.69, 9.17) is 0 Å². The average molecular weight is 280 g/mol. The van der Waals surface area contributed by atoms with Crippen LogP contribution in [0, 0.1) is 0 Å². The standard InChI is InChI=1S/C10H20N2OS3/c1-8(15-2)10-3-4-11-12(7-16-10)9(5-13)6-14/h5,8-11,14H,3-4,6-7H2,1-2H3/t8?,9-,10?/m1/s1. The zero-order valence-electron chi connectivity index (χ0n) is 9.76. The van der Waals surface area contributed by atoms with Crippen LogP contribution in [0.4, 0.5) is 0 Å². The second kappa shape index (κ2) is 7.87. The number of thioether (sulfide) groups is 2. The number of nitrogens with one attached hydrogen (secondary N) is 1. The topological polar surface area (TPSA) is 32.3 Å². The van der Waals surface area contributed by atoms with Crippen molar-refractivity contribution in [2.75, 3.05) is 24.4 Å². The van der Waals surface area contributed by atoms with Gasteiger partial charge in [0.05, 0.1) is 11.9 Å². The SMILES string of the molecule is CSC(C)C1CCNN([C@H](C=O)CS)CS1. The minimum atomic E-state index is -0.112. The van der Waals surface area contributed by atoms with Crippen molar-refractivity contribution >= 4 is 42.4 Å². The van der Waals surface area contributed by atoms with Crippen molar-refractivity contribution in [1.82, 2.24) is 10.4 Å². The molecule has 3 nitrogen and oxygen atoms in total. The zero-order chi connectivity index (χ0) is 12.0. The molecule has 16 heavy (non-hydrogen) atoms. The van der Waals surface area contributed by atoms with Crippen LogP contribution in [-0.4, -0.2) is 52.3 Å². The van der Waals surface area contributed by atoms with Crippen molar-refractivity contribution in [2.45, 2.75) is 29.9 Å². The predicted molar refractivity (Wildman–Crippen MR) is 77.4 cm³/mol. The second-order valence-corrected chi connectivity index (χ2v) is 6.60. The summed E-state index contributed by atoms with van der Waals surface area (Å²) in [6.07, 6.45) is 4.28. The lowest BCUT2D eigenvalue weighted by Crippen LogP contribution is -2.46. The Morgan fingerprint density at radius 1 is 1.75 bits per heavy atom. The van der Waals surface area contributed by atoms with Gasteiger partial charge >= 0.3 is 0 Å². The predicted octanol–water partition coefficient (Wildman–Crippen LogP) is 1.50. The van der Waals surface area contributed by atoms with Gasteiger partial charge in [0.1, 0.15) is 6.29 Å². The number of hydrogen-bond donors (Lipinski definition) is 2. The molecular weight excluding hydrogens is 260 g/mol. The molecule has 1 aliphatic rings. The first-order chi connectivity index (χ1) is 7.72. The molecule has 0 amide bonds. The number of hydrazine groups is 1. The third-order valence-corrected chi connectivity index (χ3v) is 5.93. The molecule has 0 radical (unpaired) electrons. The smallest absolute Gasteiger partial charge is 0.139 e. The fourth-order valence-electron chi connectivity index (χ4n) is 1.61. The summed E-state index contributed by atoms with van der Waals surface area (Å²) in [4.78, 5) is 10.9. The molecule has 0 aromatic rings. The Kier molecular flexibility index (Phi) is 7.23. The molecule has 2 unspecified atom stereocenters. The summed E-state index contributed by atoms with van der Waals surface area (Å²) in [5.41, 5.74) is 3.32. The van der Waals surface area contributed by atoms with Crippen LogP contribution in [0.5, 0.6) is 0 Å². The van der Waals surface area contributed by atoms with Crippen molar-refractivity contribution in [3.63, 3.8) is 0 Å². The summed E-state index contributed by atoms with van der Waals surface area (Å²) < 4.78 is 0. The Morgan fingerprint density at radius 3 is 3.06 bits per heavy atom. The van der Waals surface area contributed by atoms with Crippen molar-refractivity contribution in [3.05, 3.63) is 0 Å². The molecule has 1 rings (SSSR count). The number of rotatable bonds is 5. The van der Waals surface area contributed by atoms with Crippen molar-refractivity contribution in [3.8, 4) is 0 Å². The van der Waals surface area contributed by atoms with Gasteiger partial charge in [-0.05, 0) is 12.7 Å². The second-order valence-electron chi connectivity index (χ2n) is 3.83. The molecule has 3 atom stereocenters. The molecule has 0 aromatic carbocycles. The molecule has 6 heteroatoms. The number of thiol groups is 1. The maximum absolute atomic E-state index is 10.9.